The van der Waals surface area contributed by atoms with Gasteiger partial charge in [0, 0.05) is 32.0 Å². The Hall–Kier alpha value is -1.79. The van der Waals surface area contributed by atoms with Gasteiger partial charge in [-0.15, -0.1) is 0 Å². The summed E-state index contributed by atoms with van der Waals surface area (Å²) in [6.45, 7) is 1.24. The molecule has 0 N–H and O–H groups in total. The number of anilines is 1. The van der Waals surface area contributed by atoms with Gasteiger partial charge in [0.25, 0.3) is 5.92 Å². The molecule has 20 heavy (non-hydrogen) atoms. The van der Waals surface area contributed by atoms with Gasteiger partial charge >= 0.3 is 0 Å². The molecular weight excluding hydrogens is 264 g/mol. The first-order chi connectivity index (χ1) is 9.52. The minimum absolute atomic E-state index is 0.0555. The average molecular weight is 279 g/mol. The first kappa shape index (κ1) is 12.0. The molecule has 1 spiro atoms. The molecular formula is C13H15F2N5. The SMILES string of the molecule is Cn1ncc2c(N3CCC4(CC3)CC4(F)F)ncnc21. The number of fused-ring (bicyclic) bond motifs is 1. The minimum atomic E-state index is -2.45. The second kappa shape index (κ2) is 3.65. The third-order valence-corrected chi connectivity index (χ3v) is 4.74. The highest BCUT2D eigenvalue weighted by molar-refractivity contribution is 5.86. The van der Waals surface area contributed by atoms with Gasteiger partial charge in [-0.2, -0.15) is 5.10 Å². The van der Waals surface area contributed by atoms with Gasteiger partial charge in [-0.05, 0) is 12.8 Å². The van der Waals surface area contributed by atoms with Gasteiger partial charge in [0.1, 0.15) is 12.1 Å². The largest absolute Gasteiger partial charge is 0.356 e. The van der Waals surface area contributed by atoms with E-state index in [0.29, 0.717) is 25.9 Å². The molecule has 0 aromatic carbocycles. The van der Waals surface area contributed by atoms with E-state index >= 15 is 0 Å². The summed E-state index contributed by atoms with van der Waals surface area (Å²) in [6, 6.07) is 0. The molecule has 0 amide bonds. The molecule has 3 heterocycles. The van der Waals surface area contributed by atoms with Gasteiger partial charge in [-0.3, -0.25) is 4.68 Å². The fourth-order valence-electron chi connectivity index (χ4n) is 3.27. The van der Waals surface area contributed by atoms with Crippen molar-refractivity contribution in [2.45, 2.75) is 25.2 Å². The Bertz CT molecular complexity index is 672. The summed E-state index contributed by atoms with van der Waals surface area (Å²) in [5, 5.41) is 5.07. The third-order valence-electron chi connectivity index (χ3n) is 4.74. The molecule has 0 radical (unpaired) electrons. The van der Waals surface area contributed by atoms with Crippen molar-refractivity contribution in [1.29, 1.82) is 0 Å². The lowest BCUT2D eigenvalue weighted by molar-refractivity contribution is 0.0537. The van der Waals surface area contributed by atoms with E-state index in [1.54, 1.807) is 10.9 Å². The summed E-state index contributed by atoms with van der Waals surface area (Å²) in [6.07, 6.45) is 4.37. The summed E-state index contributed by atoms with van der Waals surface area (Å²) >= 11 is 0. The van der Waals surface area contributed by atoms with E-state index in [1.165, 1.54) is 6.33 Å². The Morgan fingerprint density at radius 1 is 1.20 bits per heavy atom. The highest BCUT2D eigenvalue weighted by Crippen LogP contribution is 2.65. The maximum absolute atomic E-state index is 13.4. The molecule has 0 atom stereocenters. The standard InChI is InChI=1S/C13H15F2N5/c1-19-10-9(6-18-19)11(17-8-16-10)20-4-2-12(3-5-20)7-13(12,14)15/h6,8H,2-5,7H2,1H3. The van der Waals surface area contributed by atoms with Gasteiger partial charge in [0.2, 0.25) is 0 Å². The fraction of sp³-hybridized carbons (Fsp3) is 0.615. The van der Waals surface area contributed by atoms with Gasteiger partial charge in [0.15, 0.2) is 5.65 Å². The van der Waals surface area contributed by atoms with Crippen molar-refractivity contribution < 1.29 is 8.78 Å². The zero-order valence-corrected chi connectivity index (χ0v) is 11.2. The molecule has 0 unspecified atom stereocenters. The van der Waals surface area contributed by atoms with Gasteiger partial charge in [-0.1, -0.05) is 0 Å². The Balaban J connectivity index is 1.62. The highest BCUT2D eigenvalue weighted by Gasteiger charge is 2.70. The Labute approximate surface area is 114 Å². The van der Waals surface area contributed by atoms with Crippen LogP contribution in [-0.2, 0) is 7.05 Å². The van der Waals surface area contributed by atoms with Crippen molar-refractivity contribution in [3.8, 4) is 0 Å². The molecule has 1 aliphatic carbocycles. The van der Waals surface area contributed by atoms with Gasteiger partial charge in [-0.25, -0.2) is 18.7 Å². The number of hydrogen-bond acceptors (Lipinski definition) is 4. The predicted octanol–water partition coefficient (Wildman–Crippen LogP) is 1.99. The van der Waals surface area contributed by atoms with Crippen LogP contribution < -0.4 is 4.90 Å². The van der Waals surface area contributed by atoms with E-state index in [2.05, 4.69) is 20.0 Å². The number of aromatic nitrogens is 4. The molecule has 1 aliphatic heterocycles. The number of alkyl halides is 2. The van der Waals surface area contributed by atoms with Crippen LogP contribution in [0.1, 0.15) is 19.3 Å². The molecule has 4 rings (SSSR count). The fourth-order valence-corrected chi connectivity index (χ4v) is 3.27. The monoisotopic (exact) mass is 279 g/mol. The quantitative estimate of drug-likeness (QED) is 0.801. The second-order valence-corrected chi connectivity index (χ2v) is 5.85. The molecule has 2 aliphatic rings. The molecule has 106 valence electrons. The van der Waals surface area contributed by atoms with Crippen molar-refractivity contribution in [2.24, 2.45) is 12.5 Å². The van der Waals surface area contributed by atoms with E-state index in [-0.39, 0.29) is 6.42 Å². The van der Waals surface area contributed by atoms with Crippen LogP contribution in [0.15, 0.2) is 12.5 Å². The highest BCUT2D eigenvalue weighted by atomic mass is 19.3. The second-order valence-electron chi connectivity index (χ2n) is 5.85. The van der Waals surface area contributed by atoms with E-state index in [1.807, 2.05) is 7.05 Å². The Morgan fingerprint density at radius 2 is 1.90 bits per heavy atom. The van der Waals surface area contributed by atoms with E-state index in [9.17, 15) is 8.78 Å². The van der Waals surface area contributed by atoms with Crippen LogP contribution in [0.5, 0.6) is 0 Å². The van der Waals surface area contributed by atoms with Crippen molar-refractivity contribution in [3.63, 3.8) is 0 Å². The molecule has 2 aromatic rings. The first-order valence-corrected chi connectivity index (χ1v) is 6.78. The lowest BCUT2D eigenvalue weighted by Gasteiger charge is -2.33. The minimum Gasteiger partial charge on any atom is -0.356 e. The molecule has 5 nitrogen and oxygen atoms in total. The van der Waals surface area contributed by atoms with Crippen LogP contribution in [0, 0.1) is 5.41 Å². The number of piperidine rings is 1. The van der Waals surface area contributed by atoms with Gasteiger partial charge < -0.3 is 4.90 Å². The number of hydrogen-bond donors (Lipinski definition) is 0. The van der Waals surface area contributed by atoms with Crippen molar-refractivity contribution in [2.75, 3.05) is 18.0 Å². The zero-order valence-electron chi connectivity index (χ0n) is 11.2. The molecule has 1 saturated heterocycles. The smallest absolute Gasteiger partial charge is 0.254 e. The number of nitrogens with zero attached hydrogens (tertiary/aromatic N) is 5. The molecule has 7 heteroatoms. The van der Waals surface area contributed by atoms with E-state index in [0.717, 1.165) is 16.9 Å². The van der Waals surface area contributed by atoms with Crippen molar-refractivity contribution >= 4 is 16.9 Å². The lowest BCUT2D eigenvalue weighted by Crippen LogP contribution is -2.37. The van der Waals surface area contributed by atoms with E-state index < -0.39 is 11.3 Å². The number of rotatable bonds is 1. The first-order valence-electron chi connectivity index (χ1n) is 6.78. The lowest BCUT2D eigenvalue weighted by atomic mass is 9.93. The maximum Gasteiger partial charge on any atom is 0.254 e. The third kappa shape index (κ3) is 1.49. The van der Waals surface area contributed by atoms with Crippen molar-refractivity contribution in [3.05, 3.63) is 12.5 Å². The summed E-state index contributed by atoms with van der Waals surface area (Å²) in [4.78, 5) is 10.6. The summed E-state index contributed by atoms with van der Waals surface area (Å²) in [7, 11) is 1.83. The van der Waals surface area contributed by atoms with Crippen LogP contribution in [0.4, 0.5) is 14.6 Å². The predicted molar refractivity (Wildman–Crippen MR) is 69.7 cm³/mol. The van der Waals surface area contributed by atoms with Crippen LogP contribution in [-0.4, -0.2) is 38.8 Å². The van der Waals surface area contributed by atoms with Gasteiger partial charge in [0.05, 0.1) is 11.6 Å². The molecule has 0 bridgehead atoms. The summed E-state index contributed by atoms with van der Waals surface area (Å²) in [5.74, 6) is -1.64. The zero-order chi connectivity index (χ0) is 14.0. The summed E-state index contributed by atoms with van der Waals surface area (Å²) in [5.41, 5.74) is 0.0388. The van der Waals surface area contributed by atoms with Crippen LogP contribution in [0.2, 0.25) is 0 Å². The number of halogens is 2. The van der Waals surface area contributed by atoms with Crippen molar-refractivity contribution in [1.82, 2.24) is 19.7 Å². The Morgan fingerprint density at radius 3 is 2.55 bits per heavy atom. The maximum atomic E-state index is 13.4. The van der Waals surface area contributed by atoms with E-state index in [4.69, 9.17) is 0 Å². The normalized spacial score (nSPS) is 23.4. The molecule has 1 saturated carbocycles. The Kier molecular flexibility index (Phi) is 2.19. The molecule has 2 fully saturated rings. The van der Waals surface area contributed by atoms with Crippen LogP contribution in [0.25, 0.3) is 11.0 Å². The van der Waals surface area contributed by atoms with Crippen LogP contribution >= 0.6 is 0 Å². The summed E-state index contributed by atoms with van der Waals surface area (Å²) < 4.78 is 28.5. The molecule has 2 aromatic heterocycles. The van der Waals surface area contributed by atoms with Crippen LogP contribution in [0.3, 0.4) is 0 Å². The number of aryl methyl sites for hydroxylation is 1. The average Bonchev–Trinajstić information content (AvgIpc) is 2.78. The topological polar surface area (TPSA) is 46.8 Å².